The average molecular weight is 368 g/mol. The highest BCUT2D eigenvalue weighted by Gasteiger charge is 2.21. The van der Waals surface area contributed by atoms with Crippen LogP contribution < -0.4 is 5.32 Å². The van der Waals surface area contributed by atoms with Crippen LogP contribution in [-0.4, -0.2) is 18.0 Å². The van der Waals surface area contributed by atoms with Gasteiger partial charge in [0.05, 0.1) is 6.42 Å². The van der Waals surface area contributed by atoms with Crippen LogP contribution in [0.15, 0.2) is 28.7 Å². The molecule has 0 aromatic heterocycles. The van der Waals surface area contributed by atoms with E-state index in [1.54, 1.807) is 0 Å². The van der Waals surface area contributed by atoms with Gasteiger partial charge < -0.3 is 10.1 Å². The number of anilines is 1. The highest BCUT2D eigenvalue weighted by atomic mass is 79.9. The number of hydrogen-bond acceptors (Lipinski definition) is 3. The number of carbonyl (C=O) groups excluding carboxylic acids is 2. The minimum Gasteiger partial charge on any atom is -0.462 e. The van der Waals surface area contributed by atoms with Gasteiger partial charge in [-0.05, 0) is 55.9 Å². The topological polar surface area (TPSA) is 55.4 Å². The molecule has 1 aromatic carbocycles. The molecule has 1 saturated carbocycles. The zero-order valence-electron chi connectivity index (χ0n) is 12.8. The standard InChI is InChI=1S/C17H22BrNO3/c1-12-2-8-15(9-3-12)22-17(21)11-10-16(20)19-14-6-4-13(18)5-7-14/h4-7,12,15H,2-3,8-11H2,1H3,(H,19,20). The van der Waals surface area contributed by atoms with E-state index in [2.05, 4.69) is 28.2 Å². The fraction of sp³-hybridized carbons (Fsp3) is 0.529. The molecular weight excluding hydrogens is 346 g/mol. The SMILES string of the molecule is CC1CCC(OC(=O)CCC(=O)Nc2ccc(Br)cc2)CC1. The van der Waals surface area contributed by atoms with Gasteiger partial charge in [0.25, 0.3) is 0 Å². The van der Waals surface area contributed by atoms with Gasteiger partial charge >= 0.3 is 5.97 Å². The molecule has 22 heavy (non-hydrogen) atoms. The van der Waals surface area contributed by atoms with E-state index in [4.69, 9.17) is 4.74 Å². The number of esters is 1. The second-order valence-corrected chi connectivity index (χ2v) is 6.84. The molecular formula is C17H22BrNO3. The molecule has 2 rings (SSSR count). The van der Waals surface area contributed by atoms with Gasteiger partial charge in [-0.25, -0.2) is 0 Å². The van der Waals surface area contributed by atoms with Crippen molar-refractivity contribution in [3.05, 3.63) is 28.7 Å². The molecule has 0 heterocycles. The minimum absolute atomic E-state index is 0.0400. The second kappa shape index (κ2) is 8.32. The molecule has 0 radical (unpaired) electrons. The van der Waals surface area contributed by atoms with E-state index in [1.165, 1.54) is 0 Å². The molecule has 0 unspecified atom stereocenters. The molecule has 1 fully saturated rings. The van der Waals surface area contributed by atoms with Crippen LogP contribution in [-0.2, 0) is 14.3 Å². The van der Waals surface area contributed by atoms with Crippen LogP contribution in [0.3, 0.4) is 0 Å². The van der Waals surface area contributed by atoms with Crippen molar-refractivity contribution in [1.82, 2.24) is 0 Å². The summed E-state index contributed by atoms with van der Waals surface area (Å²) < 4.78 is 6.39. The van der Waals surface area contributed by atoms with Crippen molar-refractivity contribution in [2.24, 2.45) is 5.92 Å². The Morgan fingerprint density at radius 3 is 2.41 bits per heavy atom. The lowest BCUT2D eigenvalue weighted by Crippen LogP contribution is -2.24. The summed E-state index contributed by atoms with van der Waals surface area (Å²) in [6.45, 7) is 2.23. The zero-order chi connectivity index (χ0) is 15.9. The fourth-order valence-electron chi connectivity index (χ4n) is 2.56. The Labute approximate surface area is 139 Å². The normalized spacial score (nSPS) is 21.2. The van der Waals surface area contributed by atoms with Crippen molar-refractivity contribution in [3.8, 4) is 0 Å². The van der Waals surface area contributed by atoms with Gasteiger partial charge in [0.2, 0.25) is 5.91 Å². The number of carbonyl (C=O) groups is 2. The van der Waals surface area contributed by atoms with Crippen molar-refractivity contribution in [1.29, 1.82) is 0 Å². The van der Waals surface area contributed by atoms with E-state index in [9.17, 15) is 9.59 Å². The highest BCUT2D eigenvalue weighted by molar-refractivity contribution is 9.10. The predicted octanol–water partition coefficient (Wildman–Crippen LogP) is 4.29. The number of nitrogens with one attached hydrogen (secondary N) is 1. The van der Waals surface area contributed by atoms with E-state index < -0.39 is 0 Å². The first kappa shape index (κ1) is 17.0. The Kier molecular flexibility index (Phi) is 6.43. The van der Waals surface area contributed by atoms with E-state index in [-0.39, 0.29) is 30.8 Å². The minimum atomic E-state index is -0.273. The molecule has 4 nitrogen and oxygen atoms in total. The largest absolute Gasteiger partial charge is 0.462 e. The van der Waals surface area contributed by atoms with Crippen molar-refractivity contribution in [2.75, 3.05) is 5.32 Å². The van der Waals surface area contributed by atoms with E-state index in [1.807, 2.05) is 24.3 Å². The van der Waals surface area contributed by atoms with Crippen LogP contribution in [0.4, 0.5) is 5.69 Å². The maximum absolute atomic E-state index is 11.8. The maximum atomic E-state index is 11.8. The lowest BCUT2D eigenvalue weighted by atomic mass is 9.89. The van der Waals surface area contributed by atoms with Crippen LogP contribution in [0.1, 0.15) is 45.4 Å². The van der Waals surface area contributed by atoms with E-state index in [0.29, 0.717) is 0 Å². The lowest BCUT2D eigenvalue weighted by molar-refractivity contribution is -0.151. The Morgan fingerprint density at radius 1 is 1.14 bits per heavy atom. The lowest BCUT2D eigenvalue weighted by Gasteiger charge is -2.25. The number of halogens is 1. The van der Waals surface area contributed by atoms with Crippen LogP contribution in [0.5, 0.6) is 0 Å². The molecule has 1 aromatic rings. The van der Waals surface area contributed by atoms with Gasteiger partial charge in [0, 0.05) is 16.6 Å². The summed E-state index contributed by atoms with van der Waals surface area (Å²) in [6.07, 6.45) is 4.44. The summed E-state index contributed by atoms with van der Waals surface area (Å²) in [5, 5.41) is 2.77. The predicted molar refractivity (Wildman–Crippen MR) is 89.5 cm³/mol. The summed E-state index contributed by atoms with van der Waals surface area (Å²) in [5.41, 5.74) is 0.725. The Hall–Kier alpha value is -1.36. The van der Waals surface area contributed by atoms with Gasteiger partial charge in [0.15, 0.2) is 0 Å². The molecule has 0 saturated heterocycles. The molecule has 1 aliphatic carbocycles. The average Bonchev–Trinajstić information content (AvgIpc) is 2.50. The molecule has 1 aliphatic rings. The number of amides is 1. The van der Waals surface area contributed by atoms with Crippen molar-refractivity contribution < 1.29 is 14.3 Å². The number of hydrogen-bond donors (Lipinski definition) is 1. The summed E-state index contributed by atoms with van der Waals surface area (Å²) >= 11 is 3.34. The third kappa shape index (κ3) is 5.79. The summed E-state index contributed by atoms with van der Waals surface area (Å²) in [4.78, 5) is 23.6. The monoisotopic (exact) mass is 367 g/mol. The van der Waals surface area contributed by atoms with Gasteiger partial charge in [-0.1, -0.05) is 22.9 Å². The first-order valence-electron chi connectivity index (χ1n) is 7.78. The Balaban J connectivity index is 1.67. The molecule has 1 amide bonds. The zero-order valence-corrected chi connectivity index (χ0v) is 14.4. The summed E-state index contributed by atoms with van der Waals surface area (Å²) in [5.74, 6) is 0.286. The summed E-state index contributed by atoms with van der Waals surface area (Å²) in [7, 11) is 0. The Morgan fingerprint density at radius 2 is 1.77 bits per heavy atom. The first-order chi connectivity index (χ1) is 10.5. The van der Waals surface area contributed by atoms with E-state index in [0.717, 1.165) is 41.8 Å². The first-order valence-corrected chi connectivity index (χ1v) is 8.57. The van der Waals surface area contributed by atoms with Gasteiger partial charge in [-0.3, -0.25) is 9.59 Å². The highest BCUT2D eigenvalue weighted by Crippen LogP contribution is 2.25. The quantitative estimate of drug-likeness (QED) is 0.789. The molecule has 0 spiro atoms. The smallest absolute Gasteiger partial charge is 0.306 e. The molecule has 0 bridgehead atoms. The third-order valence-electron chi connectivity index (χ3n) is 3.95. The second-order valence-electron chi connectivity index (χ2n) is 5.93. The van der Waals surface area contributed by atoms with Crippen molar-refractivity contribution in [2.45, 2.75) is 51.6 Å². The number of ether oxygens (including phenoxy) is 1. The molecule has 0 atom stereocenters. The molecule has 1 N–H and O–H groups in total. The summed E-state index contributed by atoms with van der Waals surface area (Å²) in [6, 6.07) is 7.33. The maximum Gasteiger partial charge on any atom is 0.306 e. The Bertz CT molecular complexity index is 507. The van der Waals surface area contributed by atoms with Gasteiger partial charge in [0.1, 0.15) is 6.10 Å². The van der Waals surface area contributed by atoms with Crippen molar-refractivity contribution >= 4 is 33.5 Å². The van der Waals surface area contributed by atoms with Crippen LogP contribution >= 0.6 is 15.9 Å². The third-order valence-corrected chi connectivity index (χ3v) is 4.47. The van der Waals surface area contributed by atoms with E-state index >= 15 is 0 Å². The van der Waals surface area contributed by atoms with Crippen LogP contribution in [0.25, 0.3) is 0 Å². The molecule has 0 aliphatic heterocycles. The van der Waals surface area contributed by atoms with Crippen molar-refractivity contribution in [3.63, 3.8) is 0 Å². The van der Waals surface area contributed by atoms with Crippen LogP contribution in [0, 0.1) is 5.92 Å². The van der Waals surface area contributed by atoms with Gasteiger partial charge in [-0.2, -0.15) is 0 Å². The fourth-order valence-corrected chi connectivity index (χ4v) is 2.83. The van der Waals surface area contributed by atoms with Crippen LogP contribution in [0.2, 0.25) is 0 Å². The molecule has 120 valence electrons. The van der Waals surface area contributed by atoms with Gasteiger partial charge in [-0.15, -0.1) is 0 Å². The number of benzene rings is 1. The molecule has 5 heteroatoms. The number of rotatable bonds is 5.